The first kappa shape index (κ1) is 19.1. The first-order valence-corrected chi connectivity index (χ1v) is 9.79. The maximum Gasteiger partial charge on any atom is 0.410 e. The normalized spacial score (nSPS) is 22.8. The van der Waals surface area contributed by atoms with E-state index in [9.17, 15) is 14.0 Å². The van der Waals surface area contributed by atoms with Crippen LogP contribution in [0.5, 0.6) is 0 Å². The van der Waals surface area contributed by atoms with Gasteiger partial charge in [-0.05, 0) is 49.4 Å². The molecule has 2 aromatic rings. The third kappa shape index (κ3) is 3.86. The minimum absolute atomic E-state index is 0.0261. The lowest BCUT2D eigenvalue weighted by Crippen LogP contribution is -2.48. The summed E-state index contributed by atoms with van der Waals surface area (Å²) in [6.45, 7) is 0.227. The monoisotopic (exact) mass is 392 g/mol. The minimum Gasteiger partial charge on any atom is -0.445 e. The molecule has 2 saturated heterocycles. The highest BCUT2D eigenvalue weighted by Gasteiger charge is 2.46. The van der Waals surface area contributed by atoms with Crippen molar-refractivity contribution in [3.63, 3.8) is 0 Å². The molecule has 2 atom stereocenters. The summed E-state index contributed by atoms with van der Waals surface area (Å²) in [6, 6.07) is 15.2. The van der Waals surface area contributed by atoms with Crippen molar-refractivity contribution in [2.45, 2.75) is 44.4 Å². The van der Waals surface area contributed by atoms with E-state index < -0.39 is 5.82 Å². The van der Waals surface area contributed by atoms with Crippen molar-refractivity contribution in [2.24, 2.45) is 5.92 Å². The molecule has 4 rings (SSSR count). The number of Topliss-reactive ketones (excluding diaryl/α,β-unsaturated/α-hetero) is 1. The topological polar surface area (TPSA) is 70.4 Å². The van der Waals surface area contributed by atoms with Gasteiger partial charge in [0.2, 0.25) is 0 Å². The highest BCUT2D eigenvalue weighted by atomic mass is 19.1. The summed E-state index contributed by atoms with van der Waals surface area (Å²) in [5, 5.41) is 9.00. The van der Waals surface area contributed by atoms with Gasteiger partial charge in [0.1, 0.15) is 18.5 Å². The van der Waals surface area contributed by atoms with Crippen molar-refractivity contribution < 1.29 is 18.7 Å². The Labute approximate surface area is 168 Å². The molecule has 2 unspecified atom stereocenters. The Morgan fingerprint density at radius 3 is 2.45 bits per heavy atom. The molecule has 0 spiro atoms. The summed E-state index contributed by atoms with van der Waals surface area (Å²) in [4.78, 5) is 27.3. The van der Waals surface area contributed by atoms with E-state index in [2.05, 4.69) is 0 Å². The van der Waals surface area contributed by atoms with E-state index in [1.165, 1.54) is 12.1 Å². The van der Waals surface area contributed by atoms with Crippen LogP contribution in [0.1, 0.15) is 47.2 Å². The van der Waals surface area contributed by atoms with E-state index in [4.69, 9.17) is 10.00 Å². The Kier molecular flexibility index (Phi) is 5.30. The zero-order valence-corrected chi connectivity index (χ0v) is 15.9. The maximum atomic E-state index is 13.6. The third-order valence-corrected chi connectivity index (χ3v) is 5.89. The SMILES string of the molecule is N#Cc1cc(C(=O)C2CC3CCC(C2)N3C(=O)OCc2ccccc2)ccc1F. The number of benzene rings is 2. The van der Waals surface area contributed by atoms with Gasteiger partial charge in [-0.2, -0.15) is 5.26 Å². The molecule has 2 aliphatic rings. The number of ether oxygens (including phenoxy) is 1. The average molecular weight is 392 g/mol. The predicted molar refractivity (Wildman–Crippen MR) is 103 cm³/mol. The molecule has 2 aromatic carbocycles. The van der Waals surface area contributed by atoms with E-state index >= 15 is 0 Å². The van der Waals surface area contributed by atoms with Gasteiger partial charge in [0, 0.05) is 23.6 Å². The molecule has 5 nitrogen and oxygen atoms in total. The van der Waals surface area contributed by atoms with Crippen LogP contribution >= 0.6 is 0 Å². The van der Waals surface area contributed by atoms with E-state index in [0.717, 1.165) is 24.5 Å². The number of hydrogen-bond acceptors (Lipinski definition) is 4. The van der Waals surface area contributed by atoms with Crippen molar-refractivity contribution in [1.82, 2.24) is 4.90 Å². The van der Waals surface area contributed by atoms with E-state index in [0.29, 0.717) is 18.4 Å². The molecular weight excluding hydrogens is 371 g/mol. The summed E-state index contributed by atoms with van der Waals surface area (Å²) in [5.74, 6) is -0.946. The predicted octanol–water partition coefficient (Wildman–Crippen LogP) is 4.46. The summed E-state index contributed by atoms with van der Waals surface area (Å²) < 4.78 is 19.0. The van der Waals surface area contributed by atoms with Gasteiger partial charge in [-0.25, -0.2) is 9.18 Å². The van der Waals surface area contributed by atoms with Crippen LogP contribution in [0.25, 0.3) is 0 Å². The number of nitriles is 1. The second-order valence-corrected chi connectivity index (χ2v) is 7.67. The first-order chi connectivity index (χ1) is 14.1. The fraction of sp³-hybridized carbons (Fsp3) is 0.348. The number of rotatable bonds is 4. The van der Waals surface area contributed by atoms with Crippen LogP contribution < -0.4 is 0 Å². The van der Waals surface area contributed by atoms with Crippen molar-refractivity contribution >= 4 is 11.9 Å². The lowest BCUT2D eigenvalue weighted by molar-refractivity contribution is 0.0485. The molecule has 2 fully saturated rings. The second kappa shape index (κ2) is 8.04. The van der Waals surface area contributed by atoms with Crippen LogP contribution in [-0.4, -0.2) is 28.9 Å². The van der Waals surface area contributed by atoms with Crippen LogP contribution in [0.4, 0.5) is 9.18 Å². The number of fused-ring (bicyclic) bond motifs is 2. The molecule has 0 aromatic heterocycles. The van der Waals surface area contributed by atoms with Gasteiger partial charge in [-0.3, -0.25) is 4.79 Å². The van der Waals surface area contributed by atoms with Gasteiger partial charge in [0.15, 0.2) is 5.78 Å². The fourth-order valence-electron chi connectivity index (χ4n) is 4.48. The molecule has 0 aliphatic carbocycles. The van der Waals surface area contributed by atoms with Crippen molar-refractivity contribution in [2.75, 3.05) is 0 Å². The van der Waals surface area contributed by atoms with Crippen LogP contribution in [0, 0.1) is 23.1 Å². The van der Waals surface area contributed by atoms with Gasteiger partial charge in [0.05, 0.1) is 5.56 Å². The molecule has 1 amide bonds. The lowest BCUT2D eigenvalue weighted by atomic mass is 9.84. The number of piperidine rings is 1. The summed E-state index contributed by atoms with van der Waals surface area (Å²) in [6.07, 6.45) is 2.49. The molecule has 2 bridgehead atoms. The molecule has 2 heterocycles. The lowest BCUT2D eigenvalue weighted by Gasteiger charge is -2.37. The molecule has 0 N–H and O–H groups in total. The Morgan fingerprint density at radius 2 is 1.79 bits per heavy atom. The highest BCUT2D eigenvalue weighted by Crippen LogP contribution is 2.40. The van der Waals surface area contributed by atoms with Crippen molar-refractivity contribution in [3.8, 4) is 6.07 Å². The number of amides is 1. The molecule has 0 saturated carbocycles. The van der Waals surface area contributed by atoms with Crippen molar-refractivity contribution in [3.05, 3.63) is 71.0 Å². The van der Waals surface area contributed by atoms with Crippen LogP contribution in [0.2, 0.25) is 0 Å². The van der Waals surface area contributed by atoms with E-state index in [1.54, 1.807) is 11.0 Å². The Balaban J connectivity index is 1.41. The summed E-state index contributed by atoms with van der Waals surface area (Å²) in [5.41, 5.74) is 1.16. The number of ketones is 1. The van der Waals surface area contributed by atoms with Crippen LogP contribution in [0.3, 0.4) is 0 Å². The van der Waals surface area contributed by atoms with Gasteiger partial charge in [-0.15, -0.1) is 0 Å². The largest absolute Gasteiger partial charge is 0.445 e. The van der Waals surface area contributed by atoms with E-state index in [-0.39, 0.29) is 42.0 Å². The first-order valence-electron chi connectivity index (χ1n) is 9.79. The zero-order chi connectivity index (χ0) is 20.4. The van der Waals surface area contributed by atoms with Gasteiger partial charge >= 0.3 is 6.09 Å². The Bertz CT molecular complexity index is 956. The van der Waals surface area contributed by atoms with Gasteiger partial charge in [0.25, 0.3) is 0 Å². The fourth-order valence-corrected chi connectivity index (χ4v) is 4.48. The molecule has 0 radical (unpaired) electrons. The van der Waals surface area contributed by atoms with Crippen LogP contribution in [0.15, 0.2) is 48.5 Å². The number of carbonyl (C=O) groups excluding carboxylic acids is 2. The molecule has 148 valence electrons. The van der Waals surface area contributed by atoms with Crippen LogP contribution in [-0.2, 0) is 11.3 Å². The standard InChI is InChI=1S/C23H21FN2O3/c24-21-9-6-16(10-18(21)13-25)22(27)17-11-19-7-8-20(12-17)26(19)23(28)29-14-15-4-2-1-3-5-15/h1-6,9-10,17,19-20H,7-8,11-12,14H2. The number of halogens is 1. The third-order valence-electron chi connectivity index (χ3n) is 5.89. The smallest absolute Gasteiger partial charge is 0.410 e. The summed E-state index contributed by atoms with van der Waals surface area (Å²) >= 11 is 0. The Morgan fingerprint density at radius 1 is 1.10 bits per heavy atom. The molecule has 6 heteroatoms. The molecular formula is C23H21FN2O3. The summed E-state index contributed by atoms with van der Waals surface area (Å²) in [7, 11) is 0. The maximum absolute atomic E-state index is 13.6. The average Bonchev–Trinajstić information content (AvgIpc) is 3.02. The number of nitrogens with zero attached hydrogens (tertiary/aromatic N) is 2. The Hall–Kier alpha value is -3.20. The molecule has 29 heavy (non-hydrogen) atoms. The second-order valence-electron chi connectivity index (χ2n) is 7.67. The zero-order valence-electron chi connectivity index (χ0n) is 15.9. The van der Waals surface area contributed by atoms with Crippen molar-refractivity contribution in [1.29, 1.82) is 5.26 Å². The number of carbonyl (C=O) groups is 2. The van der Waals surface area contributed by atoms with Gasteiger partial charge in [-0.1, -0.05) is 30.3 Å². The minimum atomic E-state index is -0.625. The van der Waals surface area contributed by atoms with Gasteiger partial charge < -0.3 is 9.64 Å². The molecule has 2 aliphatic heterocycles. The number of hydrogen-bond donors (Lipinski definition) is 0. The quantitative estimate of drug-likeness (QED) is 0.721. The van der Waals surface area contributed by atoms with E-state index in [1.807, 2.05) is 30.3 Å². The highest BCUT2D eigenvalue weighted by molar-refractivity contribution is 5.98.